The van der Waals surface area contributed by atoms with Crippen LogP contribution in [0, 0.1) is 5.92 Å². The van der Waals surface area contributed by atoms with Crippen LogP contribution in [0.4, 0.5) is 0 Å². The van der Waals surface area contributed by atoms with Crippen molar-refractivity contribution in [3.8, 4) is 0 Å². The molecule has 108 valence electrons. The van der Waals surface area contributed by atoms with E-state index in [2.05, 4.69) is 5.32 Å². The third kappa shape index (κ3) is 8.76. The molecule has 0 saturated heterocycles. The highest BCUT2D eigenvalue weighted by molar-refractivity contribution is 5.85. The number of nitrogens with two attached hydrogens (primary N) is 1. The minimum absolute atomic E-state index is 0. The van der Waals surface area contributed by atoms with Crippen molar-refractivity contribution in [2.24, 2.45) is 11.7 Å². The summed E-state index contributed by atoms with van der Waals surface area (Å²) in [7, 11) is 0. The number of carbonyl (C=O) groups is 1. The predicted octanol–water partition coefficient (Wildman–Crippen LogP) is 3.01. The van der Waals surface area contributed by atoms with Crippen LogP contribution in [-0.4, -0.2) is 18.5 Å². The van der Waals surface area contributed by atoms with Crippen molar-refractivity contribution < 1.29 is 4.79 Å². The second-order valence-corrected chi connectivity index (χ2v) is 5.51. The first-order valence-electron chi connectivity index (χ1n) is 7.20. The molecule has 0 heterocycles. The monoisotopic (exact) mass is 276 g/mol. The van der Waals surface area contributed by atoms with Crippen molar-refractivity contribution in [1.29, 1.82) is 0 Å². The maximum absolute atomic E-state index is 11.4. The van der Waals surface area contributed by atoms with E-state index in [4.69, 9.17) is 5.73 Å². The molecule has 1 saturated carbocycles. The normalized spacial score (nSPS) is 17.2. The molecule has 0 spiro atoms. The Kier molecular flexibility index (Phi) is 10.5. The molecule has 1 rings (SSSR count). The van der Waals surface area contributed by atoms with Crippen molar-refractivity contribution in [2.45, 2.75) is 70.8 Å². The van der Waals surface area contributed by atoms with Gasteiger partial charge in [0.2, 0.25) is 5.91 Å². The standard InChI is InChI=1S/C14H28N2O.ClH/c1-12(15)9-10-14(17)16-11-5-4-8-13-6-2-3-7-13;/h12-13H,2-11,15H2,1H3,(H,16,17);1H. The van der Waals surface area contributed by atoms with Gasteiger partial charge in [0.25, 0.3) is 0 Å². The van der Waals surface area contributed by atoms with Gasteiger partial charge < -0.3 is 11.1 Å². The van der Waals surface area contributed by atoms with E-state index < -0.39 is 0 Å². The number of hydrogen-bond donors (Lipinski definition) is 2. The van der Waals surface area contributed by atoms with Gasteiger partial charge in [-0.05, 0) is 25.7 Å². The van der Waals surface area contributed by atoms with Gasteiger partial charge in [-0.15, -0.1) is 12.4 Å². The van der Waals surface area contributed by atoms with Crippen LogP contribution in [0.15, 0.2) is 0 Å². The summed E-state index contributed by atoms with van der Waals surface area (Å²) < 4.78 is 0. The van der Waals surface area contributed by atoms with Gasteiger partial charge >= 0.3 is 0 Å². The van der Waals surface area contributed by atoms with Crippen LogP contribution in [0.1, 0.15) is 64.7 Å². The summed E-state index contributed by atoms with van der Waals surface area (Å²) in [5.41, 5.74) is 5.61. The average Bonchev–Trinajstić information content (AvgIpc) is 2.79. The van der Waals surface area contributed by atoms with E-state index in [0.29, 0.717) is 6.42 Å². The molecule has 1 atom stereocenters. The number of unbranched alkanes of at least 4 members (excludes halogenated alkanes) is 1. The minimum Gasteiger partial charge on any atom is -0.356 e. The zero-order chi connectivity index (χ0) is 12.5. The number of hydrogen-bond acceptors (Lipinski definition) is 2. The van der Waals surface area contributed by atoms with Gasteiger partial charge in [0, 0.05) is 19.0 Å². The number of carbonyl (C=O) groups excluding carboxylic acids is 1. The molecule has 1 amide bonds. The Hall–Kier alpha value is -0.280. The molecule has 3 N–H and O–H groups in total. The second-order valence-electron chi connectivity index (χ2n) is 5.51. The largest absolute Gasteiger partial charge is 0.356 e. The molecule has 0 aromatic heterocycles. The minimum atomic E-state index is 0. The zero-order valence-electron chi connectivity index (χ0n) is 11.6. The Morgan fingerprint density at radius 3 is 2.61 bits per heavy atom. The fraction of sp³-hybridized carbons (Fsp3) is 0.929. The smallest absolute Gasteiger partial charge is 0.220 e. The van der Waals surface area contributed by atoms with Crippen molar-refractivity contribution in [2.75, 3.05) is 6.54 Å². The van der Waals surface area contributed by atoms with Crippen molar-refractivity contribution in [1.82, 2.24) is 5.32 Å². The van der Waals surface area contributed by atoms with E-state index in [1.54, 1.807) is 0 Å². The summed E-state index contributed by atoms with van der Waals surface area (Å²) in [6, 6.07) is 0.128. The Bertz CT molecular complexity index is 216. The van der Waals surface area contributed by atoms with E-state index in [0.717, 1.165) is 25.3 Å². The van der Waals surface area contributed by atoms with Gasteiger partial charge in [-0.25, -0.2) is 0 Å². The summed E-state index contributed by atoms with van der Waals surface area (Å²) >= 11 is 0. The first-order valence-corrected chi connectivity index (χ1v) is 7.20. The van der Waals surface area contributed by atoms with Crippen LogP contribution < -0.4 is 11.1 Å². The maximum Gasteiger partial charge on any atom is 0.220 e. The van der Waals surface area contributed by atoms with Crippen LogP contribution >= 0.6 is 12.4 Å². The van der Waals surface area contributed by atoms with E-state index in [1.807, 2.05) is 6.92 Å². The summed E-state index contributed by atoms with van der Waals surface area (Å²) in [4.78, 5) is 11.4. The fourth-order valence-electron chi connectivity index (χ4n) is 2.53. The van der Waals surface area contributed by atoms with Crippen LogP contribution in [-0.2, 0) is 4.79 Å². The van der Waals surface area contributed by atoms with E-state index in [9.17, 15) is 4.79 Å². The van der Waals surface area contributed by atoms with Crippen molar-refractivity contribution >= 4 is 18.3 Å². The summed E-state index contributed by atoms with van der Waals surface area (Å²) in [5.74, 6) is 1.13. The first-order chi connectivity index (χ1) is 8.18. The van der Waals surface area contributed by atoms with E-state index in [1.165, 1.54) is 38.5 Å². The van der Waals surface area contributed by atoms with Gasteiger partial charge in [0.1, 0.15) is 0 Å². The summed E-state index contributed by atoms with van der Waals surface area (Å²) in [6.07, 6.45) is 10.8. The first kappa shape index (κ1) is 17.7. The van der Waals surface area contributed by atoms with E-state index in [-0.39, 0.29) is 24.4 Å². The molecule has 3 nitrogen and oxygen atoms in total. The van der Waals surface area contributed by atoms with Gasteiger partial charge in [-0.3, -0.25) is 4.79 Å². The van der Waals surface area contributed by atoms with Crippen LogP contribution in [0.2, 0.25) is 0 Å². The molecule has 1 aliphatic carbocycles. The molecule has 1 fully saturated rings. The molecule has 0 bridgehead atoms. The molecule has 0 aromatic carbocycles. The molecule has 0 radical (unpaired) electrons. The van der Waals surface area contributed by atoms with Crippen LogP contribution in [0.3, 0.4) is 0 Å². The average molecular weight is 277 g/mol. The molecule has 1 unspecified atom stereocenters. The number of rotatable bonds is 8. The Morgan fingerprint density at radius 1 is 1.33 bits per heavy atom. The SMILES string of the molecule is CC(N)CCC(=O)NCCCCC1CCCC1.Cl. The number of nitrogens with one attached hydrogen (secondary N) is 1. The van der Waals surface area contributed by atoms with Gasteiger partial charge in [-0.2, -0.15) is 0 Å². The van der Waals surface area contributed by atoms with Crippen LogP contribution in [0.5, 0.6) is 0 Å². The van der Waals surface area contributed by atoms with Crippen molar-refractivity contribution in [3.63, 3.8) is 0 Å². The Morgan fingerprint density at radius 2 is 2.00 bits per heavy atom. The lowest BCUT2D eigenvalue weighted by Gasteiger charge is -2.09. The molecule has 18 heavy (non-hydrogen) atoms. The molecule has 4 heteroatoms. The molecule has 0 aromatic rings. The van der Waals surface area contributed by atoms with Gasteiger partial charge in [-0.1, -0.05) is 38.5 Å². The lowest BCUT2D eigenvalue weighted by molar-refractivity contribution is -0.121. The number of halogens is 1. The molecular formula is C14H29ClN2O. The highest BCUT2D eigenvalue weighted by Gasteiger charge is 2.13. The third-order valence-corrected chi connectivity index (χ3v) is 3.66. The Labute approximate surface area is 118 Å². The molecular weight excluding hydrogens is 248 g/mol. The second kappa shape index (κ2) is 10.6. The van der Waals surface area contributed by atoms with E-state index >= 15 is 0 Å². The summed E-state index contributed by atoms with van der Waals surface area (Å²) in [6.45, 7) is 2.78. The maximum atomic E-state index is 11.4. The molecule has 1 aliphatic rings. The highest BCUT2D eigenvalue weighted by atomic mass is 35.5. The predicted molar refractivity (Wildman–Crippen MR) is 79.0 cm³/mol. The topological polar surface area (TPSA) is 55.1 Å². The third-order valence-electron chi connectivity index (χ3n) is 3.66. The van der Waals surface area contributed by atoms with Crippen LogP contribution in [0.25, 0.3) is 0 Å². The zero-order valence-corrected chi connectivity index (χ0v) is 12.4. The van der Waals surface area contributed by atoms with Gasteiger partial charge in [0.05, 0.1) is 0 Å². The lowest BCUT2D eigenvalue weighted by atomic mass is 10.0. The summed E-state index contributed by atoms with van der Waals surface area (Å²) in [5, 5.41) is 2.97. The fourth-order valence-corrected chi connectivity index (χ4v) is 2.53. The highest BCUT2D eigenvalue weighted by Crippen LogP contribution is 2.28. The quantitative estimate of drug-likeness (QED) is 0.670. The lowest BCUT2D eigenvalue weighted by Crippen LogP contribution is -2.26. The van der Waals surface area contributed by atoms with Crippen molar-refractivity contribution in [3.05, 3.63) is 0 Å². The Balaban J connectivity index is 0.00000289. The number of amides is 1. The van der Waals surface area contributed by atoms with Gasteiger partial charge in [0.15, 0.2) is 0 Å². The molecule has 0 aliphatic heterocycles.